The summed E-state index contributed by atoms with van der Waals surface area (Å²) >= 11 is 8.15. The molecule has 0 aliphatic heterocycles. The summed E-state index contributed by atoms with van der Waals surface area (Å²) in [6, 6.07) is 11.5. The third-order valence-corrected chi connectivity index (χ3v) is 3.33. The highest BCUT2D eigenvalue weighted by Crippen LogP contribution is 2.25. The number of halogens is 2. The number of aromatic nitrogens is 1. The zero-order valence-corrected chi connectivity index (χ0v) is 12.1. The van der Waals surface area contributed by atoms with E-state index >= 15 is 0 Å². The highest BCUT2D eigenvalue weighted by atomic mass is 127. The Morgan fingerprint density at radius 1 is 1.18 bits per heavy atom. The molecule has 0 radical (unpaired) electrons. The van der Waals surface area contributed by atoms with Crippen molar-refractivity contribution < 1.29 is 0 Å². The number of nitrogens with one attached hydrogen (secondary N) is 2. The SMILES string of the molecule is CNc1cccc(Nc2ccc(Cl)cc2I)n1. The minimum Gasteiger partial charge on any atom is -0.373 e. The monoisotopic (exact) mass is 359 g/mol. The van der Waals surface area contributed by atoms with Crippen molar-refractivity contribution in [1.29, 1.82) is 0 Å². The first kappa shape index (κ1) is 12.4. The van der Waals surface area contributed by atoms with E-state index in [1.807, 2.05) is 43.4 Å². The molecular weight excluding hydrogens is 349 g/mol. The van der Waals surface area contributed by atoms with Crippen LogP contribution in [0.3, 0.4) is 0 Å². The molecule has 0 saturated carbocycles. The molecule has 1 aromatic carbocycles. The summed E-state index contributed by atoms with van der Waals surface area (Å²) < 4.78 is 1.06. The predicted molar refractivity (Wildman–Crippen MR) is 81.2 cm³/mol. The lowest BCUT2D eigenvalue weighted by atomic mass is 10.3. The van der Waals surface area contributed by atoms with Gasteiger partial charge in [0.2, 0.25) is 0 Å². The van der Waals surface area contributed by atoms with Crippen molar-refractivity contribution in [3.05, 3.63) is 45.0 Å². The first-order valence-electron chi connectivity index (χ1n) is 5.06. The van der Waals surface area contributed by atoms with Gasteiger partial charge >= 0.3 is 0 Å². The molecule has 0 amide bonds. The van der Waals surface area contributed by atoms with Crippen LogP contribution in [-0.4, -0.2) is 12.0 Å². The Morgan fingerprint density at radius 2 is 1.94 bits per heavy atom. The van der Waals surface area contributed by atoms with E-state index in [-0.39, 0.29) is 0 Å². The lowest BCUT2D eigenvalue weighted by molar-refractivity contribution is 1.27. The van der Waals surface area contributed by atoms with Gasteiger partial charge in [0.15, 0.2) is 0 Å². The third-order valence-electron chi connectivity index (χ3n) is 2.20. The topological polar surface area (TPSA) is 37.0 Å². The van der Waals surface area contributed by atoms with Crippen molar-refractivity contribution in [2.24, 2.45) is 0 Å². The van der Waals surface area contributed by atoms with Crippen LogP contribution in [-0.2, 0) is 0 Å². The predicted octanol–water partition coefficient (Wildman–Crippen LogP) is 4.12. The lowest BCUT2D eigenvalue weighted by Gasteiger charge is -2.09. The van der Waals surface area contributed by atoms with Crippen LogP contribution in [0.1, 0.15) is 0 Å². The molecule has 0 spiro atoms. The normalized spacial score (nSPS) is 10.1. The zero-order chi connectivity index (χ0) is 12.3. The molecule has 88 valence electrons. The number of hydrogen-bond donors (Lipinski definition) is 2. The van der Waals surface area contributed by atoms with E-state index < -0.39 is 0 Å². The summed E-state index contributed by atoms with van der Waals surface area (Å²) in [5.74, 6) is 1.64. The summed E-state index contributed by atoms with van der Waals surface area (Å²) in [5.41, 5.74) is 0.996. The first-order valence-corrected chi connectivity index (χ1v) is 6.51. The van der Waals surface area contributed by atoms with E-state index in [0.717, 1.165) is 25.9 Å². The second kappa shape index (κ2) is 5.55. The Morgan fingerprint density at radius 3 is 2.65 bits per heavy atom. The average molecular weight is 360 g/mol. The minimum atomic E-state index is 0.733. The van der Waals surface area contributed by atoms with E-state index in [4.69, 9.17) is 11.6 Å². The van der Waals surface area contributed by atoms with Crippen LogP contribution in [0.4, 0.5) is 17.3 Å². The summed E-state index contributed by atoms with van der Waals surface area (Å²) in [6.45, 7) is 0. The van der Waals surface area contributed by atoms with Gasteiger partial charge in [0.1, 0.15) is 11.6 Å². The molecule has 2 aromatic rings. The minimum absolute atomic E-state index is 0.733. The molecule has 0 aliphatic carbocycles. The van der Waals surface area contributed by atoms with E-state index in [1.165, 1.54) is 0 Å². The smallest absolute Gasteiger partial charge is 0.132 e. The maximum atomic E-state index is 5.91. The fourth-order valence-electron chi connectivity index (χ4n) is 1.37. The van der Waals surface area contributed by atoms with Gasteiger partial charge in [0.05, 0.1) is 5.69 Å². The van der Waals surface area contributed by atoms with Crippen LogP contribution in [0.25, 0.3) is 0 Å². The van der Waals surface area contributed by atoms with Gasteiger partial charge in [-0.25, -0.2) is 4.98 Å². The van der Waals surface area contributed by atoms with Crippen molar-refractivity contribution >= 4 is 51.5 Å². The quantitative estimate of drug-likeness (QED) is 0.809. The van der Waals surface area contributed by atoms with Crippen molar-refractivity contribution in [1.82, 2.24) is 4.98 Å². The number of rotatable bonds is 3. The lowest BCUT2D eigenvalue weighted by Crippen LogP contribution is -1.98. The van der Waals surface area contributed by atoms with Gasteiger partial charge in [0, 0.05) is 15.6 Å². The Balaban J connectivity index is 2.25. The van der Waals surface area contributed by atoms with Crippen LogP contribution >= 0.6 is 34.2 Å². The van der Waals surface area contributed by atoms with Gasteiger partial charge < -0.3 is 10.6 Å². The molecule has 0 aliphatic rings. The second-order valence-corrected chi connectivity index (χ2v) is 5.01. The van der Waals surface area contributed by atoms with Gasteiger partial charge in [-0.15, -0.1) is 0 Å². The van der Waals surface area contributed by atoms with Gasteiger partial charge in [-0.2, -0.15) is 0 Å². The molecular formula is C12H11ClIN3. The number of hydrogen-bond acceptors (Lipinski definition) is 3. The molecule has 0 saturated heterocycles. The summed E-state index contributed by atoms with van der Waals surface area (Å²) in [7, 11) is 1.85. The summed E-state index contributed by atoms with van der Waals surface area (Å²) in [6.07, 6.45) is 0. The number of nitrogens with zero attached hydrogens (tertiary/aromatic N) is 1. The van der Waals surface area contributed by atoms with Crippen LogP contribution in [0.2, 0.25) is 5.02 Å². The van der Waals surface area contributed by atoms with Crippen LogP contribution in [0.15, 0.2) is 36.4 Å². The molecule has 5 heteroatoms. The average Bonchev–Trinajstić information content (AvgIpc) is 2.33. The second-order valence-electron chi connectivity index (χ2n) is 3.41. The number of anilines is 3. The molecule has 3 nitrogen and oxygen atoms in total. The number of benzene rings is 1. The van der Waals surface area contributed by atoms with Crippen LogP contribution in [0.5, 0.6) is 0 Å². The van der Waals surface area contributed by atoms with Gasteiger partial charge in [-0.05, 0) is 52.9 Å². The molecule has 17 heavy (non-hydrogen) atoms. The van der Waals surface area contributed by atoms with Crippen LogP contribution < -0.4 is 10.6 Å². The zero-order valence-electron chi connectivity index (χ0n) is 9.17. The van der Waals surface area contributed by atoms with Crippen molar-refractivity contribution in [2.45, 2.75) is 0 Å². The highest BCUT2D eigenvalue weighted by Gasteiger charge is 2.02. The standard InChI is InChI=1S/C12H11ClIN3/c1-15-11-3-2-4-12(17-11)16-10-6-5-8(13)7-9(10)14/h2-7H,1H3,(H2,15,16,17). The van der Waals surface area contributed by atoms with E-state index in [2.05, 4.69) is 38.2 Å². The Kier molecular flexibility index (Phi) is 4.06. The molecule has 0 bridgehead atoms. The Labute approximate surface area is 119 Å². The van der Waals surface area contributed by atoms with E-state index in [0.29, 0.717) is 0 Å². The molecule has 0 fully saturated rings. The van der Waals surface area contributed by atoms with E-state index in [1.54, 1.807) is 0 Å². The van der Waals surface area contributed by atoms with Gasteiger partial charge in [-0.1, -0.05) is 17.7 Å². The third kappa shape index (κ3) is 3.23. The maximum absolute atomic E-state index is 5.91. The molecule has 0 atom stereocenters. The van der Waals surface area contributed by atoms with Crippen LogP contribution in [0, 0.1) is 3.57 Å². The fourth-order valence-corrected chi connectivity index (χ4v) is 2.38. The first-order chi connectivity index (χ1) is 8.19. The van der Waals surface area contributed by atoms with Gasteiger partial charge in [0.25, 0.3) is 0 Å². The van der Waals surface area contributed by atoms with Crippen molar-refractivity contribution in [3.8, 4) is 0 Å². The highest BCUT2D eigenvalue weighted by molar-refractivity contribution is 14.1. The summed E-state index contributed by atoms with van der Waals surface area (Å²) in [5, 5.41) is 6.99. The van der Waals surface area contributed by atoms with E-state index in [9.17, 15) is 0 Å². The maximum Gasteiger partial charge on any atom is 0.132 e. The van der Waals surface area contributed by atoms with Crippen molar-refractivity contribution in [2.75, 3.05) is 17.7 Å². The molecule has 0 unspecified atom stereocenters. The molecule has 2 N–H and O–H groups in total. The molecule has 2 rings (SSSR count). The van der Waals surface area contributed by atoms with Crippen molar-refractivity contribution in [3.63, 3.8) is 0 Å². The fraction of sp³-hybridized carbons (Fsp3) is 0.0833. The Hall–Kier alpha value is -1.01. The number of pyridine rings is 1. The summed E-state index contributed by atoms with van der Waals surface area (Å²) in [4.78, 5) is 4.39. The largest absolute Gasteiger partial charge is 0.373 e. The van der Waals surface area contributed by atoms with Gasteiger partial charge in [-0.3, -0.25) is 0 Å². The molecule has 1 aromatic heterocycles. The Bertz CT molecular complexity index is 531. The molecule has 1 heterocycles.